The molecule has 32 heavy (non-hydrogen) atoms. The van der Waals surface area contributed by atoms with Crippen LogP contribution in [0.5, 0.6) is 11.5 Å². The maximum atomic E-state index is 13.6. The molecule has 0 aliphatic carbocycles. The lowest BCUT2D eigenvalue weighted by Crippen LogP contribution is -2.31. The van der Waals surface area contributed by atoms with Gasteiger partial charge in [0, 0.05) is 24.0 Å². The Morgan fingerprint density at radius 3 is 2.53 bits per heavy atom. The second kappa shape index (κ2) is 8.24. The lowest BCUT2D eigenvalue weighted by Gasteiger charge is -2.24. The van der Waals surface area contributed by atoms with E-state index >= 15 is 0 Å². The van der Waals surface area contributed by atoms with Crippen LogP contribution in [0.15, 0.2) is 30.3 Å². The summed E-state index contributed by atoms with van der Waals surface area (Å²) in [5.41, 5.74) is 3.50. The molecule has 2 aliphatic heterocycles. The minimum atomic E-state index is -0.741. The van der Waals surface area contributed by atoms with Crippen molar-refractivity contribution in [2.75, 3.05) is 0 Å². The SMILES string of the molecule is CC(C)c1c(C=C[C@@H]2C[C@@H](O)CC(=O)O2)c(-c2ccc(F)cc2)c(O)c2c1CC(C)(C)O2. The van der Waals surface area contributed by atoms with E-state index < -0.39 is 23.8 Å². The minimum absolute atomic E-state index is 0.00549. The molecule has 2 heterocycles. The summed E-state index contributed by atoms with van der Waals surface area (Å²) in [6.45, 7) is 8.11. The fourth-order valence-electron chi connectivity index (χ4n) is 4.70. The summed E-state index contributed by atoms with van der Waals surface area (Å²) in [5.74, 6) is -0.207. The molecular weight excluding hydrogens is 411 g/mol. The lowest BCUT2D eigenvalue weighted by atomic mass is 9.83. The maximum Gasteiger partial charge on any atom is 0.309 e. The number of fused-ring (bicyclic) bond motifs is 1. The summed E-state index contributed by atoms with van der Waals surface area (Å²) in [6, 6.07) is 5.97. The number of esters is 1. The van der Waals surface area contributed by atoms with Gasteiger partial charge in [0.25, 0.3) is 0 Å². The van der Waals surface area contributed by atoms with Crippen LogP contribution in [0.3, 0.4) is 0 Å². The van der Waals surface area contributed by atoms with Crippen molar-refractivity contribution in [3.8, 4) is 22.6 Å². The first-order valence-electron chi connectivity index (χ1n) is 11.0. The molecule has 0 unspecified atom stereocenters. The zero-order valence-electron chi connectivity index (χ0n) is 18.8. The molecule has 0 saturated carbocycles. The third-order valence-corrected chi connectivity index (χ3v) is 5.97. The van der Waals surface area contributed by atoms with Crippen molar-refractivity contribution in [2.24, 2.45) is 0 Å². The molecule has 1 fully saturated rings. The summed E-state index contributed by atoms with van der Waals surface area (Å²) >= 11 is 0. The number of cyclic esters (lactones) is 1. The van der Waals surface area contributed by atoms with Crippen molar-refractivity contribution in [2.45, 2.75) is 70.7 Å². The van der Waals surface area contributed by atoms with E-state index in [9.17, 15) is 19.4 Å². The summed E-state index contributed by atoms with van der Waals surface area (Å²) in [7, 11) is 0. The highest BCUT2D eigenvalue weighted by atomic mass is 19.1. The van der Waals surface area contributed by atoms with Gasteiger partial charge in [0.15, 0.2) is 11.5 Å². The van der Waals surface area contributed by atoms with Gasteiger partial charge in [0.2, 0.25) is 0 Å². The molecular formula is C26H29FO5. The molecule has 0 aromatic heterocycles. The van der Waals surface area contributed by atoms with Crippen LogP contribution in [-0.2, 0) is 16.0 Å². The Labute approximate surface area is 187 Å². The highest BCUT2D eigenvalue weighted by Gasteiger charge is 2.38. The standard InChI is InChI=1S/C26H29FO5/c1-14(2)22-19(10-9-18-11-17(28)12-21(29)31-18)23(15-5-7-16(27)8-6-15)24(30)25-20(22)13-26(3,4)32-25/h5-10,14,17-18,28,30H,11-13H2,1-4H3/t17-,18-/m1/s1. The summed E-state index contributed by atoms with van der Waals surface area (Å²) in [6.07, 6.45) is 3.25. The molecule has 5 nitrogen and oxygen atoms in total. The van der Waals surface area contributed by atoms with Crippen LogP contribution in [0, 0.1) is 5.82 Å². The Bertz CT molecular complexity index is 1070. The Balaban J connectivity index is 1.92. The van der Waals surface area contributed by atoms with Crippen LogP contribution in [0.2, 0.25) is 0 Å². The number of aliphatic hydroxyl groups excluding tert-OH is 1. The van der Waals surface area contributed by atoms with E-state index in [2.05, 4.69) is 13.8 Å². The molecule has 1 saturated heterocycles. The van der Waals surface area contributed by atoms with Crippen molar-refractivity contribution in [1.82, 2.24) is 0 Å². The number of aliphatic hydroxyl groups is 1. The predicted molar refractivity (Wildman–Crippen MR) is 120 cm³/mol. The van der Waals surface area contributed by atoms with Gasteiger partial charge in [-0.05, 0) is 54.7 Å². The van der Waals surface area contributed by atoms with Crippen LogP contribution in [0.1, 0.15) is 63.1 Å². The number of phenolic OH excluding ortho intramolecular Hbond substituents is 1. The first-order valence-corrected chi connectivity index (χ1v) is 11.0. The quantitative estimate of drug-likeness (QED) is 0.646. The van der Waals surface area contributed by atoms with E-state index in [0.717, 1.165) is 16.7 Å². The third kappa shape index (κ3) is 4.24. The molecule has 4 rings (SSSR count). The molecule has 2 N–H and O–H groups in total. The second-order valence-corrected chi connectivity index (χ2v) is 9.54. The molecule has 0 radical (unpaired) electrons. The maximum absolute atomic E-state index is 13.6. The largest absolute Gasteiger partial charge is 0.504 e. The molecule has 170 valence electrons. The molecule has 2 aliphatic rings. The van der Waals surface area contributed by atoms with Crippen LogP contribution in [-0.4, -0.2) is 34.0 Å². The number of ether oxygens (including phenoxy) is 2. The number of carbonyl (C=O) groups excluding carboxylic acids is 1. The number of aromatic hydroxyl groups is 1. The summed E-state index contributed by atoms with van der Waals surface area (Å²) in [5, 5.41) is 21.2. The number of carbonyl (C=O) groups is 1. The second-order valence-electron chi connectivity index (χ2n) is 9.54. The van der Waals surface area contributed by atoms with Crippen molar-refractivity contribution in [3.05, 3.63) is 52.8 Å². The average Bonchev–Trinajstić information content (AvgIpc) is 3.01. The number of rotatable bonds is 4. The van der Waals surface area contributed by atoms with E-state index in [1.807, 2.05) is 19.9 Å². The highest BCUT2D eigenvalue weighted by Crippen LogP contribution is 2.52. The summed E-state index contributed by atoms with van der Waals surface area (Å²) in [4.78, 5) is 11.8. The predicted octanol–water partition coefficient (Wildman–Crippen LogP) is 5.11. The smallest absolute Gasteiger partial charge is 0.309 e. The van der Waals surface area contributed by atoms with Gasteiger partial charge in [-0.2, -0.15) is 0 Å². The first kappa shape index (κ1) is 22.3. The third-order valence-electron chi connectivity index (χ3n) is 5.97. The topological polar surface area (TPSA) is 76.0 Å². The normalized spacial score (nSPS) is 22.2. The van der Waals surface area contributed by atoms with E-state index in [-0.39, 0.29) is 23.9 Å². The van der Waals surface area contributed by atoms with Crippen molar-refractivity contribution in [1.29, 1.82) is 0 Å². The zero-order chi connectivity index (χ0) is 23.2. The molecule has 2 aromatic carbocycles. The molecule has 2 aromatic rings. The van der Waals surface area contributed by atoms with Gasteiger partial charge in [0.1, 0.15) is 17.5 Å². The molecule has 0 amide bonds. The number of benzene rings is 2. The Morgan fingerprint density at radius 1 is 1.22 bits per heavy atom. The number of hydrogen-bond acceptors (Lipinski definition) is 5. The Kier molecular flexibility index (Phi) is 5.76. The van der Waals surface area contributed by atoms with Crippen LogP contribution in [0.25, 0.3) is 17.2 Å². The van der Waals surface area contributed by atoms with E-state index in [1.165, 1.54) is 12.1 Å². The van der Waals surface area contributed by atoms with Crippen LogP contribution in [0.4, 0.5) is 4.39 Å². The van der Waals surface area contributed by atoms with Crippen molar-refractivity contribution < 1.29 is 28.9 Å². The number of hydrogen-bond donors (Lipinski definition) is 2. The highest BCUT2D eigenvalue weighted by molar-refractivity contribution is 5.87. The Hall–Kier alpha value is -2.86. The Morgan fingerprint density at radius 2 is 1.91 bits per heavy atom. The van der Waals surface area contributed by atoms with Gasteiger partial charge < -0.3 is 19.7 Å². The van der Waals surface area contributed by atoms with E-state index in [0.29, 0.717) is 29.7 Å². The summed E-state index contributed by atoms with van der Waals surface area (Å²) < 4.78 is 25.1. The van der Waals surface area contributed by atoms with Crippen LogP contribution >= 0.6 is 0 Å². The molecule has 0 bridgehead atoms. The van der Waals surface area contributed by atoms with Gasteiger partial charge in [0.05, 0.1) is 12.5 Å². The van der Waals surface area contributed by atoms with Crippen LogP contribution < -0.4 is 4.74 Å². The lowest BCUT2D eigenvalue weighted by molar-refractivity contribution is -0.156. The van der Waals surface area contributed by atoms with Gasteiger partial charge >= 0.3 is 5.97 Å². The zero-order valence-corrected chi connectivity index (χ0v) is 18.8. The van der Waals surface area contributed by atoms with E-state index in [4.69, 9.17) is 9.47 Å². The molecule has 6 heteroatoms. The average molecular weight is 441 g/mol. The van der Waals surface area contributed by atoms with Gasteiger partial charge in [-0.1, -0.05) is 32.1 Å². The van der Waals surface area contributed by atoms with Gasteiger partial charge in [-0.3, -0.25) is 4.79 Å². The van der Waals surface area contributed by atoms with Gasteiger partial charge in [-0.25, -0.2) is 4.39 Å². The fraction of sp³-hybridized carbons (Fsp3) is 0.423. The monoisotopic (exact) mass is 440 g/mol. The van der Waals surface area contributed by atoms with Gasteiger partial charge in [-0.15, -0.1) is 0 Å². The minimum Gasteiger partial charge on any atom is -0.504 e. The molecule has 2 atom stereocenters. The number of phenols is 1. The van der Waals surface area contributed by atoms with E-state index in [1.54, 1.807) is 18.2 Å². The first-order chi connectivity index (χ1) is 15.1. The van der Waals surface area contributed by atoms with Crippen molar-refractivity contribution in [3.63, 3.8) is 0 Å². The van der Waals surface area contributed by atoms with Crippen molar-refractivity contribution >= 4 is 12.0 Å². The fourth-order valence-corrected chi connectivity index (χ4v) is 4.70. The number of halogens is 1. The molecule has 0 spiro atoms.